The molecule has 0 atom stereocenters. The smallest absolute Gasteiger partial charge is 0.274 e. The Balaban J connectivity index is 1.54. The Bertz CT molecular complexity index is 804. The highest BCUT2D eigenvalue weighted by molar-refractivity contribution is 6.04. The average Bonchev–Trinajstić information content (AvgIpc) is 2.75. The van der Waals surface area contributed by atoms with Crippen molar-refractivity contribution in [1.29, 1.82) is 0 Å². The summed E-state index contributed by atoms with van der Waals surface area (Å²) in [5.74, 6) is 0.0918. The van der Waals surface area contributed by atoms with Crippen LogP contribution in [0, 0.1) is 0 Å². The molecule has 148 valence electrons. The van der Waals surface area contributed by atoms with Gasteiger partial charge in [-0.2, -0.15) is 0 Å². The van der Waals surface area contributed by atoms with E-state index in [0.29, 0.717) is 23.5 Å². The minimum Gasteiger partial charge on any atom is -0.497 e. The van der Waals surface area contributed by atoms with Crippen LogP contribution in [-0.4, -0.2) is 68.2 Å². The molecular weight excluding hydrogens is 360 g/mol. The van der Waals surface area contributed by atoms with E-state index in [4.69, 9.17) is 9.47 Å². The van der Waals surface area contributed by atoms with E-state index in [1.807, 2.05) is 0 Å². The van der Waals surface area contributed by atoms with Gasteiger partial charge in [0.2, 0.25) is 0 Å². The Morgan fingerprint density at radius 2 is 1.89 bits per heavy atom. The molecule has 8 nitrogen and oxygen atoms in total. The van der Waals surface area contributed by atoms with Crippen LogP contribution in [0.2, 0.25) is 0 Å². The van der Waals surface area contributed by atoms with Crippen LogP contribution >= 0.6 is 0 Å². The fourth-order valence-electron chi connectivity index (χ4n) is 2.82. The number of hydrogen-bond donors (Lipinski definition) is 2. The number of anilines is 1. The Morgan fingerprint density at radius 1 is 1.14 bits per heavy atom. The number of nitrogens with one attached hydrogen (secondary N) is 2. The van der Waals surface area contributed by atoms with Crippen LogP contribution in [0.3, 0.4) is 0 Å². The van der Waals surface area contributed by atoms with Crippen molar-refractivity contribution in [2.75, 3.05) is 51.8 Å². The van der Waals surface area contributed by atoms with Gasteiger partial charge in [0.25, 0.3) is 11.8 Å². The lowest BCUT2D eigenvalue weighted by Gasteiger charge is -2.26. The molecule has 8 heteroatoms. The van der Waals surface area contributed by atoms with Gasteiger partial charge in [-0.25, -0.2) is 0 Å². The first-order valence-corrected chi connectivity index (χ1v) is 9.15. The molecule has 2 amide bonds. The quantitative estimate of drug-likeness (QED) is 0.750. The first-order valence-electron chi connectivity index (χ1n) is 9.15. The number of nitrogens with zero attached hydrogens (tertiary/aromatic N) is 2. The zero-order valence-electron chi connectivity index (χ0n) is 15.8. The maximum Gasteiger partial charge on any atom is 0.274 e. The van der Waals surface area contributed by atoms with Crippen LogP contribution in [-0.2, 0) is 4.74 Å². The monoisotopic (exact) mass is 384 g/mol. The molecule has 1 aliphatic rings. The first-order chi connectivity index (χ1) is 13.7. The average molecular weight is 384 g/mol. The number of morpholine rings is 1. The molecule has 0 saturated carbocycles. The Morgan fingerprint density at radius 3 is 2.61 bits per heavy atom. The summed E-state index contributed by atoms with van der Waals surface area (Å²) in [5.41, 5.74) is 1.20. The summed E-state index contributed by atoms with van der Waals surface area (Å²) in [5, 5.41) is 5.63. The lowest BCUT2D eigenvalue weighted by Crippen LogP contribution is -2.41. The number of rotatable bonds is 7. The lowest BCUT2D eigenvalue weighted by molar-refractivity contribution is 0.0383. The van der Waals surface area contributed by atoms with Crippen molar-refractivity contribution in [2.24, 2.45) is 0 Å². The Hall–Kier alpha value is -2.97. The summed E-state index contributed by atoms with van der Waals surface area (Å²) in [6, 6.07) is 10.1. The van der Waals surface area contributed by atoms with E-state index in [1.54, 1.807) is 37.4 Å². The molecule has 1 fully saturated rings. The highest BCUT2D eigenvalue weighted by Gasteiger charge is 2.14. The molecule has 0 spiro atoms. The van der Waals surface area contributed by atoms with Gasteiger partial charge in [0.05, 0.1) is 20.3 Å². The van der Waals surface area contributed by atoms with Crippen molar-refractivity contribution in [1.82, 2.24) is 15.2 Å². The van der Waals surface area contributed by atoms with Gasteiger partial charge in [0, 0.05) is 43.6 Å². The van der Waals surface area contributed by atoms with Crippen LogP contribution in [0.5, 0.6) is 5.75 Å². The summed E-state index contributed by atoms with van der Waals surface area (Å²) in [6.07, 6.45) is 1.46. The van der Waals surface area contributed by atoms with Gasteiger partial charge in [0.1, 0.15) is 11.4 Å². The fraction of sp³-hybridized carbons (Fsp3) is 0.350. The van der Waals surface area contributed by atoms with Gasteiger partial charge in [-0.15, -0.1) is 0 Å². The van der Waals surface area contributed by atoms with Crippen LogP contribution < -0.4 is 15.4 Å². The normalized spacial score (nSPS) is 14.3. The van der Waals surface area contributed by atoms with Gasteiger partial charge in [-0.05, 0) is 36.4 Å². The molecular formula is C20H24N4O4. The van der Waals surface area contributed by atoms with E-state index in [1.165, 1.54) is 12.3 Å². The number of carbonyl (C=O) groups is 2. The number of carbonyl (C=O) groups excluding carboxylic acids is 2. The highest BCUT2D eigenvalue weighted by atomic mass is 16.5. The van der Waals surface area contributed by atoms with Crippen LogP contribution in [0.15, 0.2) is 42.6 Å². The maximum atomic E-state index is 12.4. The van der Waals surface area contributed by atoms with Gasteiger partial charge in [0.15, 0.2) is 0 Å². The van der Waals surface area contributed by atoms with Crippen molar-refractivity contribution in [3.8, 4) is 5.75 Å². The standard InChI is InChI=1S/C20H24N4O4/c1-27-17-4-2-16(3-5-17)23-20(26)18-14-15(6-7-21-18)19(25)22-8-9-24-10-12-28-13-11-24/h2-7,14H,8-13H2,1H3,(H,22,25)(H,23,26). The van der Waals surface area contributed by atoms with Gasteiger partial charge < -0.3 is 20.1 Å². The summed E-state index contributed by atoms with van der Waals surface area (Å²) >= 11 is 0. The second kappa shape index (κ2) is 9.82. The second-order valence-corrected chi connectivity index (χ2v) is 6.32. The Kier molecular flexibility index (Phi) is 6.94. The van der Waals surface area contributed by atoms with E-state index in [0.717, 1.165) is 32.8 Å². The Labute approximate surface area is 163 Å². The van der Waals surface area contributed by atoms with Crippen molar-refractivity contribution in [3.63, 3.8) is 0 Å². The highest BCUT2D eigenvalue weighted by Crippen LogP contribution is 2.15. The first kappa shape index (κ1) is 19.8. The second-order valence-electron chi connectivity index (χ2n) is 6.32. The number of pyridine rings is 1. The van der Waals surface area contributed by atoms with Crippen LogP contribution in [0.25, 0.3) is 0 Å². The number of hydrogen-bond acceptors (Lipinski definition) is 6. The molecule has 2 N–H and O–H groups in total. The summed E-state index contributed by atoms with van der Waals surface area (Å²) in [6.45, 7) is 4.51. The number of amides is 2. The molecule has 0 unspecified atom stereocenters. The SMILES string of the molecule is COc1ccc(NC(=O)c2cc(C(=O)NCCN3CCOCC3)ccn2)cc1. The number of aromatic nitrogens is 1. The van der Waals surface area contributed by atoms with E-state index in [-0.39, 0.29) is 17.5 Å². The van der Waals surface area contributed by atoms with Gasteiger partial charge >= 0.3 is 0 Å². The molecule has 1 aromatic carbocycles. The van der Waals surface area contributed by atoms with E-state index in [2.05, 4.69) is 20.5 Å². The number of methoxy groups -OCH3 is 1. The third-order valence-corrected chi connectivity index (χ3v) is 4.42. The molecule has 2 aromatic rings. The topological polar surface area (TPSA) is 92.8 Å². The minimum atomic E-state index is -0.381. The number of ether oxygens (including phenoxy) is 2. The van der Waals surface area contributed by atoms with E-state index < -0.39 is 0 Å². The molecule has 0 aliphatic carbocycles. The zero-order valence-corrected chi connectivity index (χ0v) is 15.8. The van der Waals surface area contributed by atoms with Crippen molar-refractivity contribution < 1.29 is 19.1 Å². The van der Waals surface area contributed by atoms with Crippen molar-refractivity contribution in [3.05, 3.63) is 53.9 Å². The molecule has 28 heavy (non-hydrogen) atoms. The molecule has 2 heterocycles. The van der Waals surface area contributed by atoms with Crippen LogP contribution in [0.1, 0.15) is 20.8 Å². The predicted octanol–water partition coefficient (Wildman–Crippen LogP) is 1.40. The minimum absolute atomic E-state index is 0.177. The predicted molar refractivity (Wildman–Crippen MR) is 105 cm³/mol. The summed E-state index contributed by atoms with van der Waals surface area (Å²) < 4.78 is 10.4. The fourth-order valence-corrected chi connectivity index (χ4v) is 2.82. The maximum absolute atomic E-state index is 12.4. The van der Waals surface area contributed by atoms with E-state index in [9.17, 15) is 9.59 Å². The van der Waals surface area contributed by atoms with Gasteiger partial charge in [-0.1, -0.05) is 0 Å². The van der Waals surface area contributed by atoms with Crippen LogP contribution in [0.4, 0.5) is 5.69 Å². The zero-order chi connectivity index (χ0) is 19.8. The molecule has 1 aromatic heterocycles. The molecule has 1 saturated heterocycles. The third-order valence-electron chi connectivity index (χ3n) is 4.42. The molecule has 1 aliphatic heterocycles. The van der Waals surface area contributed by atoms with Crippen molar-refractivity contribution in [2.45, 2.75) is 0 Å². The lowest BCUT2D eigenvalue weighted by atomic mass is 10.2. The molecule has 3 rings (SSSR count). The molecule has 0 radical (unpaired) electrons. The van der Waals surface area contributed by atoms with E-state index >= 15 is 0 Å². The number of benzene rings is 1. The van der Waals surface area contributed by atoms with Crippen molar-refractivity contribution >= 4 is 17.5 Å². The van der Waals surface area contributed by atoms with Gasteiger partial charge in [-0.3, -0.25) is 19.5 Å². The third kappa shape index (κ3) is 5.51. The largest absolute Gasteiger partial charge is 0.497 e. The molecule has 0 bridgehead atoms. The summed E-state index contributed by atoms with van der Waals surface area (Å²) in [7, 11) is 1.58. The summed E-state index contributed by atoms with van der Waals surface area (Å²) in [4.78, 5) is 31.1.